The van der Waals surface area contributed by atoms with Gasteiger partial charge in [-0.25, -0.2) is 9.97 Å². The van der Waals surface area contributed by atoms with Crippen LogP contribution in [0.5, 0.6) is 5.75 Å². The highest BCUT2D eigenvalue weighted by Crippen LogP contribution is 2.54. The lowest BCUT2D eigenvalue weighted by Crippen LogP contribution is -2.40. The molecule has 0 saturated carbocycles. The summed E-state index contributed by atoms with van der Waals surface area (Å²) in [5.74, 6) is -0.244. The zero-order valence-electron chi connectivity index (χ0n) is 16.6. The molecule has 0 radical (unpaired) electrons. The van der Waals surface area contributed by atoms with Crippen molar-refractivity contribution in [2.45, 2.75) is 43.5 Å². The first-order chi connectivity index (χ1) is 15.2. The average molecular weight is 453 g/mol. The van der Waals surface area contributed by atoms with Crippen molar-refractivity contribution in [3.63, 3.8) is 0 Å². The van der Waals surface area contributed by atoms with E-state index in [-0.39, 0.29) is 18.0 Å². The molecule has 0 aliphatic carbocycles. The van der Waals surface area contributed by atoms with E-state index in [4.69, 9.17) is 24.4 Å². The molecule has 3 N–H and O–H groups in total. The van der Waals surface area contributed by atoms with E-state index in [2.05, 4.69) is 14.7 Å². The SMILES string of the molecule is C[C@@]12OC(c3cccc(OC(F)(F)F)c3)O[C@@H]1[C@@H](CO)O[C@H]2c1coc2c(N)ncnc12. The minimum absolute atomic E-state index is 0.155. The molecule has 5 atom stereocenters. The van der Waals surface area contributed by atoms with E-state index in [1.807, 2.05) is 0 Å². The molecule has 4 heterocycles. The highest BCUT2D eigenvalue weighted by Gasteiger charge is 2.62. The largest absolute Gasteiger partial charge is 0.573 e. The van der Waals surface area contributed by atoms with Crippen molar-refractivity contribution in [3.05, 3.63) is 48.0 Å². The maximum absolute atomic E-state index is 12.6. The first kappa shape index (κ1) is 20.9. The summed E-state index contributed by atoms with van der Waals surface area (Å²) >= 11 is 0. The Balaban J connectivity index is 1.49. The normalized spacial score (nSPS) is 30.0. The summed E-state index contributed by atoms with van der Waals surface area (Å²) in [7, 11) is 0. The third-order valence-electron chi connectivity index (χ3n) is 5.60. The van der Waals surface area contributed by atoms with Gasteiger partial charge in [0.2, 0.25) is 0 Å². The lowest BCUT2D eigenvalue weighted by molar-refractivity contribution is -0.274. The van der Waals surface area contributed by atoms with Gasteiger partial charge in [-0.2, -0.15) is 0 Å². The van der Waals surface area contributed by atoms with Crippen LogP contribution in [-0.2, 0) is 14.2 Å². The summed E-state index contributed by atoms with van der Waals surface area (Å²) < 4.78 is 65.5. The Labute approximate surface area is 178 Å². The van der Waals surface area contributed by atoms with Gasteiger partial charge in [0.1, 0.15) is 41.5 Å². The summed E-state index contributed by atoms with van der Waals surface area (Å²) in [5, 5.41) is 9.85. The van der Waals surface area contributed by atoms with Crippen molar-refractivity contribution in [3.8, 4) is 5.75 Å². The van der Waals surface area contributed by atoms with Crippen molar-refractivity contribution in [2.75, 3.05) is 12.3 Å². The number of nitrogen functional groups attached to an aromatic ring is 1. The van der Waals surface area contributed by atoms with E-state index < -0.39 is 42.3 Å². The fraction of sp³-hybridized carbons (Fsp3) is 0.400. The van der Waals surface area contributed by atoms with Gasteiger partial charge in [0.05, 0.1) is 12.9 Å². The predicted molar refractivity (Wildman–Crippen MR) is 101 cm³/mol. The van der Waals surface area contributed by atoms with E-state index in [1.165, 1.54) is 30.8 Å². The molecule has 9 nitrogen and oxygen atoms in total. The van der Waals surface area contributed by atoms with Crippen molar-refractivity contribution in [1.29, 1.82) is 0 Å². The lowest BCUT2D eigenvalue weighted by atomic mass is 9.89. The number of rotatable bonds is 4. The lowest BCUT2D eigenvalue weighted by Gasteiger charge is -2.27. The highest BCUT2D eigenvalue weighted by molar-refractivity contribution is 5.85. The molecule has 3 aromatic rings. The molecule has 1 unspecified atom stereocenters. The Bertz CT molecular complexity index is 1160. The number of hydrogen-bond donors (Lipinski definition) is 2. The minimum Gasteiger partial charge on any atom is -0.458 e. The fourth-order valence-electron chi connectivity index (χ4n) is 4.24. The van der Waals surface area contributed by atoms with Crippen molar-refractivity contribution >= 4 is 16.9 Å². The molecular formula is C20H18F3N3O6. The first-order valence-electron chi connectivity index (χ1n) is 9.62. The summed E-state index contributed by atoms with van der Waals surface area (Å²) in [5.41, 5.74) is 6.28. The topological polar surface area (TPSA) is 122 Å². The van der Waals surface area contributed by atoms with Gasteiger partial charge in [0.25, 0.3) is 0 Å². The van der Waals surface area contributed by atoms with Gasteiger partial charge in [-0.15, -0.1) is 13.2 Å². The van der Waals surface area contributed by atoms with Crippen LogP contribution >= 0.6 is 0 Å². The monoisotopic (exact) mass is 453 g/mol. The highest BCUT2D eigenvalue weighted by atomic mass is 19.4. The van der Waals surface area contributed by atoms with Gasteiger partial charge in [-0.05, 0) is 19.1 Å². The number of fused-ring (bicyclic) bond motifs is 2. The van der Waals surface area contributed by atoms with Crippen LogP contribution in [0.4, 0.5) is 19.0 Å². The summed E-state index contributed by atoms with van der Waals surface area (Å²) in [6.45, 7) is 1.37. The van der Waals surface area contributed by atoms with Crippen LogP contribution in [0.2, 0.25) is 0 Å². The molecule has 2 aromatic heterocycles. The van der Waals surface area contributed by atoms with Gasteiger partial charge in [-0.1, -0.05) is 12.1 Å². The quantitative estimate of drug-likeness (QED) is 0.614. The van der Waals surface area contributed by atoms with E-state index in [0.29, 0.717) is 16.6 Å². The fourth-order valence-corrected chi connectivity index (χ4v) is 4.24. The van der Waals surface area contributed by atoms with Gasteiger partial charge < -0.3 is 34.2 Å². The zero-order valence-corrected chi connectivity index (χ0v) is 16.6. The molecule has 2 aliphatic rings. The number of furan rings is 1. The second-order valence-corrected chi connectivity index (χ2v) is 7.68. The van der Waals surface area contributed by atoms with Gasteiger partial charge in [0, 0.05) is 11.1 Å². The number of benzene rings is 1. The number of aliphatic hydroxyl groups excluding tert-OH is 1. The molecule has 0 bridgehead atoms. The van der Waals surface area contributed by atoms with Crippen LogP contribution in [0.25, 0.3) is 11.1 Å². The maximum Gasteiger partial charge on any atom is 0.573 e. The van der Waals surface area contributed by atoms with Crippen LogP contribution in [0.3, 0.4) is 0 Å². The van der Waals surface area contributed by atoms with Crippen LogP contribution in [0, 0.1) is 0 Å². The third kappa shape index (κ3) is 3.35. The van der Waals surface area contributed by atoms with Crippen LogP contribution in [0.15, 0.2) is 41.3 Å². The molecule has 0 spiro atoms. The number of nitrogens with two attached hydrogens (primary N) is 1. The average Bonchev–Trinajstić information content (AvgIpc) is 3.37. The molecule has 170 valence electrons. The standard InChI is InChI=1S/C20H18F3N3O6/c1-19-15(11-7-28-14-13(11)25-8-26-17(14)24)29-12(6-27)16(19)30-18(32-19)9-3-2-4-10(5-9)31-20(21,22)23/h2-5,7-8,12,15-16,18,27H,6H2,1H3,(H2,24,25,26)/t12-,15+,16-,18?,19+/m1/s1. The summed E-state index contributed by atoms with van der Waals surface area (Å²) in [6, 6.07) is 5.33. The molecule has 2 fully saturated rings. The number of nitrogens with zero attached hydrogens (tertiary/aromatic N) is 2. The smallest absolute Gasteiger partial charge is 0.458 e. The number of ether oxygens (including phenoxy) is 4. The number of aromatic nitrogens is 2. The molecule has 2 aliphatic heterocycles. The van der Waals surface area contributed by atoms with E-state index in [0.717, 1.165) is 0 Å². The van der Waals surface area contributed by atoms with Gasteiger partial charge in [-0.3, -0.25) is 0 Å². The minimum atomic E-state index is -4.83. The van der Waals surface area contributed by atoms with Crippen LogP contribution in [0.1, 0.15) is 30.4 Å². The Morgan fingerprint density at radius 3 is 2.81 bits per heavy atom. The van der Waals surface area contributed by atoms with Crippen LogP contribution in [-0.4, -0.2) is 45.9 Å². The number of anilines is 1. The Kier molecular flexibility index (Phi) is 4.78. The van der Waals surface area contributed by atoms with Crippen LogP contribution < -0.4 is 10.5 Å². The maximum atomic E-state index is 12.6. The molecule has 12 heteroatoms. The molecule has 2 saturated heterocycles. The number of alkyl halides is 3. The summed E-state index contributed by atoms with van der Waals surface area (Å²) in [4.78, 5) is 8.11. The summed E-state index contributed by atoms with van der Waals surface area (Å²) in [6.07, 6.45) is -5.37. The Morgan fingerprint density at radius 2 is 2.06 bits per heavy atom. The third-order valence-corrected chi connectivity index (χ3v) is 5.60. The molecule has 0 amide bonds. The second kappa shape index (κ2) is 7.30. The second-order valence-electron chi connectivity index (χ2n) is 7.68. The van der Waals surface area contributed by atoms with E-state index in [9.17, 15) is 18.3 Å². The number of aliphatic hydroxyl groups is 1. The van der Waals surface area contributed by atoms with E-state index in [1.54, 1.807) is 13.0 Å². The van der Waals surface area contributed by atoms with E-state index >= 15 is 0 Å². The molecule has 5 rings (SSSR count). The van der Waals surface area contributed by atoms with Gasteiger partial charge in [0.15, 0.2) is 17.7 Å². The van der Waals surface area contributed by atoms with Crippen molar-refractivity contribution in [1.82, 2.24) is 9.97 Å². The van der Waals surface area contributed by atoms with Crippen molar-refractivity contribution in [2.24, 2.45) is 0 Å². The predicted octanol–water partition coefficient (Wildman–Crippen LogP) is 3.01. The molecule has 1 aromatic carbocycles. The zero-order chi connectivity index (χ0) is 22.7. The number of halogens is 3. The first-order valence-corrected chi connectivity index (χ1v) is 9.62. The number of hydrogen-bond acceptors (Lipinski definition) is 9. The Morgan fingerprint density at radius 1 is 1.25 bits per heavy atom. The molecular weight excluding hydrogens is 435 g/mol. The Hall–Kier alpha value is -2.93. The van der Waals surface area contributed by atoms with Gasteiger partial charge >= 0.3 is 6.36 Å². The molecule has 32 heavy (non-hydrogen) atoms. The van der Waals surface area contributed by atoms with Crippen molar-refractivity contribution < 1.29 is 41.6 Å².